The molecule has 0 spiro atoms. The molecule has 1 amide bonds. The second-order valence-electron chi connectivity index (χ2n) is 8.33. The maximum Gasteiger partial charge on any atom is 0.230 e. The largest absolute Gasteiger partial charge is 0.506 e. The Morgan fingerprint density at radius 2 is 1.71 bits per heavy atom. The molecule has 1 aliphatic rings. The molecule has 0 aliphatic heterocycles. The molecule has 0 atom stereocenters. The van der Waals surface area contributed by atoms with Gasteiger partial charge in [-0.2, -0.15) is 5.26 Å². The number of aromatic hydroxyl groups is 1. The van der Waals surface area contributed by atoms with Crippen molar-refractivity contribution < 1.29 is 9.90 Å². The number of benzene rings is 2. The van der Waals surface area contributed by atoms with Gasteiger partial charge in [0.15, 0.2) is 0 Å². The summed E-state index contributed by atoms with van der Waals surface area (Å²) in [6, 6.07) is 10.4. The third kappa shape index (κ3) is 5.82. The van der Waals surface area contributed by atoms with Crippen LogP contribution < -0.4 is 5.32 Å². The van der Waals surface area contributed by atoms with Crippen LogP contribution in [0.2, 0.25) is 20.1 Å². The van der Waals surface area contributed by atoms with Crippen LogP contribution in [0, 0.1) is 16.7 Å². The molecule has 178 valence electrons. The number of phenols is 1. The average molecular weight is 539 g/mol. The molecule has 9 heteroatoms. The Hall–Kier alpha value is -2.36. The van der Waals surface area contributed by atoms with E-state index in [-0.39, 0.29) is 27.1 Å². The van der Waals surface area contributed by atoms with Crippen LogP contribution in [-0.4, -0.2) is 16.0 Å². The summed E-state index contributed by atoms with van der Waals surface area (Å²) in [6.45, 7) is 1.98. The number of rotatable bonds is 3. The third-order valence-electron chi connectivity index (χ3n) is 5.92. The van der Waals surface area contributed by atoms with Crippen molar-refractivity contribution in [1.82, 2.24) is 4.98 Å². The molecule has 0 bridgehead atoms. The summed E-state index contributed by atoms with van der Waals surface area (Å²) < 4.78 is 0. The summed E-state index contributed by atoms with van der Waals surface area (Å²) in [5.74, 6) is -0.121. The van der Waals surface area contributed by atoms with E-state index in [9.17, 15) is 9.90 Å². The fourth-order valence-electron chi connectivity index (χ4n) is 3.86. The van der Waals surface area contributed by atoms with Gasteiger partial charge in [-0.05, 0) is 31.0 Å². The Bertz CT molecular complexity index is 1230. The molecule has 3 aromatic rings. The van der Waals surface area contributed by atoms with Crippen molar-refractivity contribution in [2.75, 3.05) is 5.32 Å². The monoisotopic (exact) mass is 537 g/mol. The summed E-state index contributed by atoms with van der Waals surface area (Å²) in [5, 5.41) is 22.3. The number of H-pyrrole nitrogens is 1. The number of aromatic nitrogens is 1. The van der Waals surface area contributed by atoms with E-state index in [0.29, 0.717) is 21.3 Å². The standard InChI is InChI=1S/C14H17Cl2NO2.C11H6Cl2N2/c1-14(7-3-2-4-8-14)13(19)17-9-5-6-10(18)12(16)11(9)15;12-10-3-1-2-8(11(10)13)9-6-15-5-7(9)4-14/h5-6,18H,2-4,7-8H2,1H3,(H,17,19);1-3,5-6,15H. The van der Waals surface area contributed by atoms with Crippen molar-refractivity contribution in [2.24, 2.45) is 5.41 Å². The number of nitrogens with one attached hydrogen (secondary N) is 2. The normalized spacial score (nSPS) is 14.5. The molecule has 0 radical (unpaired) electrons. The molecular weight excluding hydrogens is 516 g/mol. The van der Waals surface area contributed by atoms with Crippen LogP contribution in [0.3, 0.4) is 0 Å². The lowest BCUT2D eigenvalue weighted by atomic mass is 9.75. The van der Waals surface area contributed by atoms with E-state index in [1.54, 1.807) is 30.6 Å². The highest BCUT2D eigenvalue weighted by Gasteiger charge is 2.34. The number of hydrogen-bond donors (Lipinski definition) is 3. The molecule has 1 saturated carbocycles. The molecule has 3 N–H and O–H groups in total. The number of amides is 1. The van der Waals surface area contributed by atoms with Crippen LogP contribution in [0.1, 0.15) is 44.6 Å². The molecule has 1 heterocycles. The minimum absolute atomic E-state index is 0.0316. The molecule has 1 fully saturated rings. The predicted octanol–water partition coefficient (Wildman–Crippen LogP) is 8.47. The van der Waals surface area contributed by atoms with Crippen molar-refractivity contribution in [3.63, 3.8) is 0 Å². The first-order valence-electron chi connectivity index (χ1n) is 10.7. The fraction of sp³-hybridized carbons (Fsp3) is 0.280. The van der Waals surface area contributed by atoms with E-state index in [1.807, 2.05) is 13.0 Å². The number of phenolic OH excluding ortho intramolecular Hbond substituents is 1. The Labute approximate surface area is 218 Å². The first-order chi connectivity index (χ1) is 16.2. The zero-order valence-corrected chi connectivity index (χ0v) is 21.4. The molecule has 0 saturated heterocycles. The number of anilines is 1. The minimum Gasteiger partial charge on any atom is -0.506 e. The van der Waals surface area contributed by atoms with Crippen LogP contribution in [0.4, 0.5) is 5.69 Å². The van der Waals surface area contributed by atoms with Gasteiger partial charge in [-0.15, -0.1) is 0 Å². The van der Waals surface area contributed by atoms with Gasteiger partial charge in [-0.1, -0.05) is 84.7 Å². The number of carbonyl (C=O) groups is 1. The van der Waals surface area contributed by atoms with E-state index in [0.717, 1.165) is 36.8 Å². The Morgan fingerprint density at radius 3 is 2.38 bits per heavy atom. The summed E-state index contributed by atoms with van der Waals surface area (Å²) >= 11 is 23.8. The highest BCUT2D eigenvalue weighted by molar-refractivity contribution is 6.45. The molecule has 1 aromatic heterocycles. The summed E-state index contributed by atoms with van der Waals surface area (Å²) in [7, 11) is 0. The van der Waals surface area contributed by atoms with Gasteiger partial charge in [-0.3, -0.25) is 4.79 Å². The van der Waals surface area contributed by atoms with Crippen LogP contribution >= 0.6 is 46.4 Å². The lowest BCUT2D eigenvalue weighted by Gasteiger charge is -2.32. The second kappa shape index (κ2) is 11.4. The number of nitriles is 1. The van der Waals surface area contributed by atoms with E-state index < -0.39 is 0 Å². The number of aromatic amines is 1. The average Bonchev–Trinajstić information content (AvgIpc) is 3.31. The van der Waals surface area contributed by atoms with Crippen LogP contribution in [0.15, 0.2) is 42.7 Å². The van der Waals surface area contributed by atoms with Crippen molar-refractivity contribution in [1.29, 1.82) is 5.26 Å². The van der Waals surface area contributed by atoms with Crippen LogP contribution in [0.25, 0.3) is 11.1 Å². The van der Waals surface area contributed by atoms with Crippen LogP contribution in [-0.2, 0) is 4.79 Å². The lowest BCUT2D eigenvalue weighted by Crippen LogP contribution is -2.35. The molecule has 0 unspecified atom stereocenters. The van der Waals surface area contributed by atoms with E-state index >= 15 is 0 Å². The molecule has 2 aromatic carbocycles. The lowest BCUT2D eigenvalue weighted by molar-refractivity contribution is -0.126. The number of hydrogen-bond acceptors (Lipinski definition) is 3. The first kappa shape index (κ1) is 26.2. The summed E-state index contributed by atoms with van der Waals surface area (Å²) in [6.07, 6.45) is 8.49. The summed E-state index contributed by atoms with van der Waals surface area (Å²) in [5.41, 5.74) is 2.19. The Morgan fingerprint density at radius 1 is 1.00 bits per heavy atom. The molecule has 4 rings (SSSR count). The van der Waals surface area contributed by atoms with Gasteiger partial charge < -0.3 is 15.4 Å². The van der Waals surface area contributed by atoms with Gasteiger partial charge in [0, 0.05) is 28.9 Å². The fourth-order valence-corrected chi connectivity index (χ4v) is 4.63. The third-order valence-corrected chi connectivity index (χ3v) is 7.61. The Balaban J connectivity index is 0.000000196. The van der Waals surface area contributed by atoms with Crippen LogP contribution in [0.5, 0.6) is 5.75 Å². The quantitative estimate of drug-likeness (QED) is 0.292. The topological polar surface area (TPSA) is 88.9 Å². The van der Waals surface area contributed by atoms with Crippen molar-refractivity contribution in [3.05, 3.63) is 68.4 Å². The zero-order valence-electron chi connectivity index (χ0n) is 18.4. The smallest absolute Gasteiger partial charge is 0.230 e. The van der Waals surface area contributed by atoms with Crippen molar-refractivity contribution in [3.8, 4) is 22.9 Å². The van der Waals surface area contributed by atoms with Gasteiger partial charge >= 0.3 is 0 Å². The molecule has 5 nitrogen and oxygen atoms in total. The van der Waals surface area contributed by atoms with Gasteiger partial charge in [0.05, 0.1) is 26.3 Å². The predicted molar refractivity (Wildman–Crippen MR) is 139 cm³/mol. The first-order valence-corrected chi connectivity index (χ1v) is 12.2. The van der Waals surface area contributed by atoms with E-state index in [4.69, 9.17) is 51.7 Å². The highest BCUT2D eigenvalue weighted by Crippen LogP contribution is 2.40. The molecular formula is C25H23Cl4N3O2. The maximum atomic E-state index is 12.4. The molecule has 1 aliphatic carbocycles. The second-order valence-corrected chi connectivity index (χ2v) is 9.87. The van der Waals surface area contributed by atoms with Gasteiger partial charge in [-0.25, -0.2) is 0 Å². The van der Waals surface area contributed by atoms with Gasteiger partial charge in [0.25, 0.3) is 0 Å². The maximum absolute atomic E-state index is 12.4. The molecule has 34 heavy (non-hydrogen) atoms. The number of carbonyl (C=O) groups excluding carboxylic acids is 1. The summed E-state index contributed by atoms with van der Waals surface area (Å²) in [4.78, 5) is 15.2. The Kier molecular flexibility index (Phi) is 8.78. The van der Waals surface area contributed by atoms with Crippen molar-refractivity contribution in [2.45, 2.75) is 39.0 Å². The van der Waals surface area contributed by atoms with Gasteiger partial charge in [0.2, 0.25) is 5.91 Å². The van der Waals surface area contributed by atoms with Gasteiger partial charge in [0.1, 0.15) is 16.8 Å². The number of halogens is 4. The van der Waals surface area contributed by atoms with E-state index in [1.165, 1.54) is 12.5 Å². The SMILES string of the molecule is CC1(C(=O)Nc2ccc(O)c(Cl)c2Cl)CCCCC1.N#Cc1c[nH]cc1-c1cccc(Cl)c1Cl. The van der Waals surface area contributed by atoms with E-state index in [2.05, 4.69) is 16.4 Å². The zero-order chi connectivity index (χ0) is 24.9. The van der Waals surface area contributed by atoms with Crippen molar-refractivity contribution >= 4 is 58.0 Å². The minimum atomic E-state index is -0.341. The number of nitrogens with zero attached hydrogens (tertiary/aromatic N) is 1. The highest BCUT2D eigenvalue weighted by atomic mass is 35.5.